The molecule has 1 amide bonds. The standard InChI is InChI=1S/C25H32N2O3/c1-29-25(20-5-3-2-4-6-20)21-8-9-23-22(17-21)18-27(15-16-30-23)24(28)10-7-19-11-13-26-14-12-19/h8-9,11-14,17,20,25H,2-7,10,15-16,18H2,1H3. The second-order valence-electron chi connectivity index (χ2n) is 8.44. The predicted octanol–water partition coefficient (Wildman–Crippen LogP) is 4.70. The van der Waals surface area contributed by atoms with Gasteiger partial charge in [-0.2, -0.15) is 0 Å². The van der Waals surface area contributed by atoms with Crippen LogP contribution in [0.2, 0.25) is 0 Å². The highest BCUT2D eigenvalue weighted by molar-refractivity contribution is 5.76. The molecule has 160 valence electrons. The van der Waals surface area contributed by atoms with Gasteiger partial charge >= 0.3 is 0 Å². The van der Waals surface area contributed by atoms with Crippen LogP contribution in [0.25, 0.3) is 0 Å². The van der Waals surface area contributed by atoms with Crippen LogP contribution in [0.1, 0.15) is 61.3 Å². The van der Waals surface area contributed by atoms with Gasteiger partial charge in [-0.15, -0.1) is 0 Å². The zero-order valence-corrected chi connectivity index (χ0v) is 17.9. The van der Waals surface area contributed by atoms with Crippen LogP contribution in [0, 0.1) is 5.92 Å². The SMILES string of the molecule is COC(c1ccc2c(c1)CN(C(=O)CCc1ccncc1)CCO2)C1CCCCC1. The molecule has 1 atom stereocenters. The summed E-state index contributed by atoms with van der Waals surface area (Å²) in [5.74, 6) is 1.64. The highest BCUT2D eigenvalue weighted by atomic mass is 16.5. The van der Waals surface area contributed by atoms with Gasteiger partial charge < -0.3 is 14.4 Å². The number of rotatable bonds is 6. The molecule has 2 aromatic rings. The summed E-state index contributed by atoms with van der Waals surface area (Å²) in [4.78, 5) is 18.9. The molecule has 1 saturated carbocycles. The number of amides is 1. The Morgan fingerprint density at radius 2 is 2.00 bits per heavy atom. The molecule has 0 saturated heterocycles. The summed E-state index contributed by atoms with van der Waals surface area (Å²) in [6, 6.07) is 10.3. The summed E-state index contributed by atoms with van der Waals surface area (Å²) in [6.07, 6.45) is 11.3. The number of hydrogen-bond acceptors (Lipinski definition) is 4. The number of nitrogens with zero attached hydrogens (tertiary/aromatic N) is 2. The van der Waals surface area contributed by atoms with E-state index in [-0.39, 0.29) is 12.0 Å². The van der Waals surface area contributed by atoms with Gasteiger partial charge in [-0.25, -0.2) is 0 Å². The minimum Gasteiger partial charge on any atom is -0.491 e. The molecule has 2 heterocycles. The lowest BCUT2D eigenvalue weighted by Crippen LogP contribution is -2.32. The summed E-state index contributed by atoms with van der Waals surface area (Å²) in [5.41, 5.74) is 3.43. The van der Waals surface area contributed by atoms with Crippen molar-refractivity contribution in [2.24, 2.45) is 5.92 Å². The highest BCUT2D eigenvalue weighted by Crippen LogP contribution is 2.38. The van der Waals surface area contributed by atoms with E-state index in [1.54, 1.807) is 12.4 Å². The van der Waals surface area contributed by atoms with Crippen LogP contribution in [0.5, 0.6) is 5.75 Å². The largest absolute Gasteiger partial charge is 0.491 e. The minimum atomic E-state index is 0.120. The molecule has 1 fully saturated rings. The zero-order chi connectivity index (χ0) is 20.8. The number of hydrogen-bond donors (Lipinski definition) is 0. The molecule has 0 bridgehead atoms. The van der Waals surface area contributed by atoms with Gasteiger partial charge in [0.25, 0.3) is 0 Å². The lowest BCUT2D eigenvalue weighted by Gasteiger charge is -2.30. The van der Waals surface area contributed by atoms with Crippen molar-refractivity contribution in [3.63, 3.8) is 0 Å². The normalized spacial score (nSPS) is 18.2. The first-order valence-electron chi connectivity index (χ1n) is 11.2. The summed E-state index contributed by atoms with van der Waals surface area (Å²) >= 11 is 0. The Labute approximate surface area is 179 Å². The van der Waals surface area contributed by atoms with Crippen LogP contribution in [-0.4, -0.2) is 36.1 Å². The third kappa shape index (κ3) is 5.01. The molecule has 1 aliphatic heterocycles. The molecule has 0 radical (unpaired) electrons. The number of pyridine rings is 1. The average molecular weight is 409 g/mol. The Kier molecular flexibility index (Phi) is 7.00. The number of benzene rings is 1. The molecular weight excluding hydrogens is 376 g/mol. The third-order valence-electron chi connectivity index (χ3n) is 6.45. The van der Waals surface area contributed by atoms with Crippen LogP contribution in [-0.2, 0) is 22.5 Å². The number of carbonyl (C=O) groups excluding carboxylic acids is 1. The van der Waals surface area contributed by atoms with Crippen LogP contribution < -0.4 is 4.74 Å². The summed E-state index contributed by atoms with van der Waals surface area (Å²) in [6.45, 7) is 1.75. The Bertz CT molecular complexity index is 834. The lowest BCUT2D eigenvalue weighted by atomic mass is 9.82. The second kappa shape index (κ2) is 10.1. The maximum absolute atomic E-state index is 12.9. The van der Waals surface area contributed by atoms with Crippen molar-refractivity contribution < 1.29 is 14.3 Å². The van der Waals surface area contributed by atoms with E-state index in [1.165, 1.54) is 37.7 Å². The maximum Gasteiger partial charge on any atom is 0.223 e. The molecule has 1 aromatic heterocycles. The van der Waals surface area contributed by atoms with Crippen LogP contribution >= 0.6 is 0 Å². The Hall–Kier alpha value is -2.40. The molecule has 0 N–H and O–H groups in total. The molecule has 5 nitrogen and oxygen atoms in total. The van der Waals surface area contributed by atoms with Crippen molar-refractivity contribution in [2.75, 3.05) is 20.3 Å². The van der Waals surface area contributed by atoms with E-state index in [0.29, 0.717) is 32.0 Å². The number of methoxy groups -OCH3 is 1. The second-order valence-corrected chi connectivity index (χ2v) is 8.44. The molecule has 0 spiro atoms. The monoisotopic (exact) mass is 408 g/mol. The first-order valence-corrected chi connectivity index (χ1v) is 11.2. The van der Waals surface area contributed by atoms with Gasteiger partial charge in [-0.05, 0) is 60.6 Å². The van der Waals surface area contributed by atoms with Crippen LogP contribution in [0.3, 0.4) is 0 Å². The van der Waals surface area contributed by atoms with E-state index < -0.39 is 0 Å². The Balaban J connectivity index is 1.46. The molecule has 5 heteroatoms. The van der Waals surface area contributed by atoms with E-state index in [4.69, 9.17) is 9.47 Å². The van der Waals surface area contributed by atoms with Crippen molar-refractivity contribution in [1.29, 1.82) is 0 Å². The molecule has 1 aliphatic carbocycles. The van der Waals surface area contributed by atoms with E-state index in [1.807, 2.05) is 24.1 Å². The van der Waals surface area contributed by atoms with Gasteiger partial charge in [0.2, 0.25) is 5.91 Å². The first-order chi connectivity index (χ1) is 14.7. The van der Waals surface area contributed by atoms with Gasteiger partial charge in [-0.1, -0.05) is 25.3 Å². The van der Waals surface area contributed by atoms with E-state index >= 15 is 0 Å². The molecule has 4 rings (SSSR count). The van der Waals surface area contributed by atoms with E-state index in [2.05, 4.69) is 23.2 Å². The quantitative estimate of drug-likeness (QED) is 0.695. The third-order valence-corrected chi connectivity index (χ3v) is 6.45. The zero-order valence-electron chi connectivity index (χ0n) is 17.9. The number of fused-ring (bicyclic) bond motifs is 1. The number of aromatic nitrogens is 1. The summed E-state index contributed by atoms with van der Waals surface area (Å²) in [5, 5.41) is 0. The van der Waals surface area contributed by atoms with Gasteiger partial charge in [0.05, 0.1) is 12.6 Å². The van der Waals surface area contributed by atoms with Crippen LogP contribution in [0.4, 0.5) is 0 Å². The topological polar surface area (TPSA) is 51.7 Å². The molecule has 1 unspecified atom stereocenters. The molecule has 1 aromatic carbocycles. The minimum absolute atomic E-state index is 0.120. The smallest absolute Gasteiger partial charge is 0.223 e. The lowest BCUT2D eigenvalue weighted by molar-refractivity contribution is -0.131. The number of aryl methyl sites for hydroxylation is 1. The van der Waals surface area contributed by atoms with E-state index in [0.717, 1.165) is 23.3 Å². The summed E-state index contributed by atoms with van der Waals surface area (Å²) in [7, 11) is 1.82. The molecule has 2 aliphatic rings. The van der Waals surface area contributed by atoms with E-state index in [9.17, 15) is 4.79 Å². The number of carbonyl (C=O) groups is 1. The van der Waals surface area contributed by atoms with Crippen molar-refractivity contribution in [3.8, 4) is 5.75 Å². The van der Waals surface area contributed by atoms with Crippen molar-refractivity contribution in [1.82, 2.24) is 9.88 Å². The van der Waals surface area contributed by atoms with Crippen molar-refractivity contribution >= 4 is 5.91 Å². The fourth-order valence-corrected chi connectivity index (χ4v) is 4.80. The van der Waals surface area contributed by atoms with Gasteiger partial charge in [0.1, 0.15) is 12.4 Å². The Morgan fingerprint density at radius 1 is 1.20 bits per heavy atom. The fraction of sp³-hybridized carbons (Fsp3) is 0.520. The summed E-state index contributed by atoms with van der Waals surface area (Å²) < 4.78 is 11.9. The van der Waals surface area contributed by atoms with Gasteiger partial charge in [0, 0.05) is 38.0 Å². The van der Waals surface area contributed by atoms with Gasteiger partial charge in [-0.3, -0.25) is 9.78 Å². The first kappa shape index (κ1) is 20.9. The average Bonchev–Trinajstić information content (AvgIpc) is 3.02. The van der Waals surface area contributed by atoms with Gasteiger partial charge in [0.15, 0.2) is 0 Å². The highest BCUT2D eigenvalue weighted by Gasteiger charge is 2.27. The van der Waals surface area contributed by atoms with Crippen LogP contribution in [0.15, 0.2) is 42.7 Å². The Morgan fingerprint density at radius 3 is 2.77 bits per heavy atom. The fourth-order valence-electron chi connectivity index (χ4n) is 4.80. The van der Waals surface area contributed by atoms with Crippen molar-refractivity contribution in [2.45, 2.75) is 57.6 Å². The maximum atomic E-state index is 12.9. The predicted molar refractivity (Wildman–Crippen MR) is 116 cm³/mol. The van der Waals surface area contributed by atoms with Crippen molar-refractivity contribution in [3.05, 3.63) is 59.4 Å². The number of ether oxygens (including phenoxy) is 2. The molecule has 30 heavy (non-hydrogen) atoms. The molecular formula is C25H32N2O3.